The van der Waals surface area contributed by atoms with Crippen molar-refractivity contribution < 1.29 is 14.0 Å². The molecule has 0 radical (unpaired) electrons. The van der Waals surface area contributed by atoms with Crippen LogP contribution in [-0.4, -0.2) is 25.2 Å². The quantitative estimate of drug-likeness (QED) is 0.727. The molecule has 0 saturated heterocycles. The molecule has 3 rings (SSSR count). The number of Topliss-reactive ketones (excluding diaryl/α,β-unsaturated/α-hetero) is 2. The Kier molecular flexibility index (Phi) is 5.66. The maximum atomic E-state index is 13.6. The van der Waals surface area contributed by atoms with E-state index in [4.69, 9.17) is 11.6 Å². The molecule has 0 amide bonds. The number of hydrogen-bond donors (Lipinski definition) is 0. The third-order valence-corrected chi connectivity index (χ3v) is 5.48. The normalized spacial score (nSPS) is 15.9. The molecule has 0 bridgehead atoms. The van der Waals surface area contributed by atoms with Crippen molar-refractivity contribution in [3.8, 4) is 0 Å². The number of benzene rings is 2. The Morgan fingerprint density at radius 2 is 1.93 bits per heavy atom. The highest BCUT2D eigenvalue weighted by molar-refractivity contribution is 6.31. The van der Waals surface area contributed by atoms with E-state index in [2.05, 4.69) is 0 Å². The molecular weight excluding hydrogens is 365 g/mol. The second-order valence-corrected chi connectivity index (χ2v) is 7.91. The third kappa shape index (κ3) is 4.22. The van der Waals surface area contributed by atoms with E-state index in [9.17, 15) is 14.0 Å². The fourth-order valence-corrected chi connectivity index (χ4v) is 3.73. The average molecular weight is 388 g/mol. The Hall–Kier alpha value is -2.20. The summed E-state index contributed by atoms with van der Waals surface area (Å²) in [4.78, 5) is 26.8. The van der Waals surface area contributed by atoms with Crippen molar-refractivity contribution in [3.05, 3.63) is 63.9 Å². The summed E-state index contributed by atoms with van der Waals surface area (Å²) >= 11 is 6.36. The van der Waals surface area contributed by atoms with Crippen LogP contribution in [-0.2, 0) is 22.4 Å². The number of anilines is 1. The number of nitrogens with zero attached hydrogens (tertiary/aromatic N) is 1. The summed E-state index contributed by atoms with van der Waals surface area (Å²) in [5.41, 5.74) is 3.21. The summed E-state index contributed by atoms with van der Waals surface area (Å²) in [5.74, 6) is -0.551. The van der Waals surface area contributed by atoms with Gasteiger partial charge < -0.3 is 4.90 Å². The Morgan fingerprint density at radius 1 is 1.19 bits per heavy atom. The van der Waals surface area contributed by atoms with Crippen molar-refractivity contribution >= 4 is 28.9 Å². The second kappa shape index (κ2) is 7.81. The van der Waals surface area contributed by atoms with E-state index in [1.165, 1.54) is 12.1 Å². The summed E-state index contributed by atoms with van der Waals surface area (Å²) in [5, 5.41) is 0.489. The van der Waals surface area contributed by atoms with E-state index in [0.29, 0.717) is 18.0 Å². The predicted molar refractivity (Wildman–Crippen MR) is 106 cm³/mol. The van der Waals surface area contributed by atoms with Crippen molar-refractivity contribution in [2.75, 3.05) is 18.5 Å². The molecule has 1 aliphatic rings. The first-order valence-electron chi connectivity index (χ1n) is 9.09. The van der Waals surface area contributed by atoms with Gasteiger partial charge in [-0.05, 0) is 41.0 Å². The van der Waals surface area contributed by atoms with Crippen LogP contribution in [0.1, 0.15) is 36.5 Å². The number of ketones is 2. The maximum Gasteiger partial charge on any atom is 0.146 e. The van der Waals surface area contributed by atoms with Gasteiger partial charge in [0, 0.05) is 43.1 Å². The second-order valence-electron chi connectivity index (χ2n) is 7.50. The Labute approximate surface area is 164 Å². The van der Waals surface area contributed by atoms with Crippen LogP contribution in [0.15, 0.2) is 36.4 Å². The van der Waals surface area contributed by atoms with Gasteiger partial charge >= 0.3 is 0 Å². The van der Waals surface area contributed by atoms with Crippen molar-refractivity contribution in [3.63, 3.8) is 0 Å². The molecule has 142 valence electrons. The summed E-state index contributed by atoms with van der Waals surface area (Å²) in [6.45, 7) is 4.28. The van der Waals surface area contributed by atoms with E-state index in [0.717, 1.165) is 22.4 Å². The van der Waals surface area contributed by atoms with E-state index in [1.807, 2.05) is 37.9 Å². The zero-order valence-electron chi connectivity index (χ0n) is 15.8. The zero-order valence-corrected chi connectivity index (χ0v) is 16.5. The smallest absolute Gasteiger partial charge is 0.146 e. The number of fused-ring (bicyclic) bond motifs is 1. The van der Waals surface area contributed by atoms with Gasteiger partial charge in [0.05, 0.1) is 5.92 Å². The summed E-state index contributed by atoms with van der Waals surface area (Å²) in [7, 11) is 1.90. The molecular formula is C22H23ClFNO2. The number of rotatable bonds is 6. The number of hydrogen-bond acceptors (Lipinski definition) is 3. The number of carbonyl (C=O) groups is 2. The molecule has 2 aromatic rings. The van der Waals surface area contributed by atoms with Crippen LogP contribution in [0.25, 0.3) is 0 Å². The lowest BCUT2D eigenvalue weighted by molar-refractivity contribution is -0.121. The van der Waals surface area contributed by atoms with E-state index in [1.54, 1.807) is 12.1 Å². The van der Waals surface area contributed by atoms with Crippen molar-refractivity contribution in [1.82, 2.24) is 0 Å². The maximum absolute atomic E-state index is 13.6. The lowest BCUT2D eigenvalue weighted by Crippen LogP contribution is -2.22. The molecule has 0 spiro atoms. The molecule has 5 heteroatoms. The number of carbonyl (C=O) groups excluding carboxylic acids is 2. The molecule has 0 N–H and O–H groups in total. The summed E-state index contributed by atoms with van der Waals surface area (Å²) < 4.78 is 13.6. The minimum atomic E-state index is -0.362. The fourth-order valence-electron chi connectivity index (χ4n) is 3.46. The van der Waals surface area contributed by atoms with Crippen LogP contribution in [0, 0.1) is 11.7 Å². The Morgan fingerprint density at radius 3 is 2.59 bits per heavy atom. The third-order valence-electron chi connectivity index (χ3n) is 5.13. The van der Waals surface area contributed by atoms with Crippen LogP contribution >= 0.6 is 11.6 Å². The lowest BCUT2D eigenvalue weighted by Gasteiger charge is -2.13. The summed E-state index contributed by atoms with van der Waals surface area (Å²) in [6.07, 6.45) is 0.525. The Bertz CT molecular complexity index is 894. The van der Waals surface area contributed by atoms with Crippen LogP contribution in [0.4, 0.5) is 10.1 Å². The molecule has 27 heavy (non-hydrogen) atoms. The number of likely N-dealkylation sites (N-methyl/N-ethyl adjacent to an activating group) is 1. The first-order chi connectivity index (χ1) is 12.8. The van der Waals surface area contributed by atoms with Gasteiger partial charge in [-0.15, -0.1) is 0 Å². The van der Waals surface area contributed by atoms with Crippen LogP contribution in [0.5, 0.6) is 0 Å². The van der Waals surface area contributed by atoms with E-state index >= 15 is 0 Å². The van der Waals surface area contributed by atoms with Crippen molar-refractivity contribution in [2.24, 2.45) is 5.92 Å². The molecule has 1 unspecified atom stereocenters. The minimum absolute atomic E-state index is 0.0131. The van der Waals surface area contributed by atoms with Gasteiger partial charge in [-0.1, -0.05) is 37.6 Å². The van der Waals surface area contributed by atoms with Gasteiger partial charge in [0.15, 0.2) is 0 Å². The van der Waals surface area contributed by atoms with Gasteiger partial charge in [-0.3, -0.25) is 9.59 Å². The fraction of sp³-hybridized carbons (Fsp3) is 0.364. The first kappa shape index (κ1) is 19.6. The van der Waals surface area contributed by atoms with Crippen LogP contribution in [0.2, 0.25) is 5.02 Å². The highest BCUT2D eigenvalue weighted by atomic mass is 35.5. The topological polar surface area (TPSA) is 37.4 Å². The van der Waals surface area contributed by atoms with E-state index in [-0.39, 0.29) is 35.6 Å². The van der Waals surface area contributed by atoms with Gasteiger partial charge in [0.25, 0.3) is 0 Å². The predicted octanol–water partition coefficient (Wildman–Crippen LogP) is 4.59. The molecule has 0 fully saturated rings. The molecule has 0 aliphatic carbocycles. The molecule has 3 nitrogen and oxygen atoms in total. The van der Waals surface area contributed by atoms with Gasteiger partial charge in [0.2, 0.25) is 0 Å². The summed E-state index contributed by atoms with van der Waals surface area (Å²) in [6, 6.07) is 10.0. The Balaban J connectivity index is 1.76. The average Bonchev–Trinajstić information content (AvgIpc) is 2.93. The van der Waals surface area contributed by atoms with Crippen LogP contribution < -0.4 is 4.90 Å². The highest BCUT2D eigenvalue weighted by Crippen LogP contribution is 2.37. The van der Waals surface area contributed by atoms with Crippen LogP contribution in [0.3, 0.4) is 0 Å². The molecule has 0 aromatic heterocycles. The zero-order chi connectivity index (χ0) is 19.7. The minimum Gasteiger partial charge on any atom is -0.373 e. The van der Waals surface area contributed by atoms with Gasteiger partial charge in [-0.2, -0.15) is 0 Å². The molecule has 1 heterocycles. The highest BCUT2D eigenvalue weighted by Gasteiger charge is 2.32. The molecule has 0 saturated carbocycles. The molecule has 2 aromatic carbocycles. The standard InChI is InChI=1S/C22H23ClFNO2/c1-13(2)21(26)9-14-4-5-15(19(23)8-14)10-22(27)18-12-25(3)20-7-6-16(24)11-17(18)20/h4-8,11,13,18H,9-10,12H2,1-3H3. The van der Waals surface area contributed by atoms with Gasteiger partial charge in [0.1, 0.15) is 17.4 Å². The lowest BCUT2D eigenvalue weighted by atomic mass is 9.92. The SMILES string of the molecule is CC(C)C(=O)Cc1ccc(CC(=O)C2CN(C)c3ccc(F)cc32)c(Cl)c1. The van der Waals surface area contributed by atoms with Crippen molar-refractivity contribution in [2.45, 2.75) is 32.6 Å². The van der Waals surface area contributed by atoms with E-state index < -0.39 is 0 Å². The number of halogens is 2. The molecule has 1 atom stereocenters. The monoisotopic (exact) mass is 387 g/mol. The van der Waals surface area contributed by atoms with Crippen molar-refractivity contribution in [1.29, 1.82) is 0 Å². The molecule has 1 aliphatic heterocycles. The van der Waals surface area contributed by atoms with Gasteiger partial charge in [-0.25, -0.2) is 4.39 Å². The largest absolute Gasteiger partial charge is 0.373 e. The first-order valence-corrected chi connectivity index (χ1v) is 9.47.